The first-order valence-electron chi connectivity index (χ1n) is 26.3. The van der Waals surface area contributed by atoms with Crippen LogP contribution in [0, 0.1) is 0 Å². The van der Waals surface area contributed by atoms with Gasteiger partial charge in [0.2, 0.25) is 53.2 Å². The maximum absolute atomic E-state index is 14.8. The second-order valence-electron chi connectivity index (χ2n) is 19.5. The fourth-order valence-corrected chi connectivity index (χ4v) is 10.8. The standard InChI is InChI=1S/C55H71ClN12O12S2/c1-30(69)47-55(80)67-45(53(78)63-41(48(60)73)24-33-10-18-37(70)19-11-33)29-82-81-28-44(66-49(74)39(59)23-31-6-14-35(56)15-7-31)54(79)65-43(26-34-12-20-38(71)21-13-34)52(77)64-42(25-32-8-16-36(17-9-32)61-46(72)27-58)51(76)62-40(50(75)68-47)5-3-2-4-22-57/h6-21,30,39-45,47,69-71H,2-5,22-29,57-59H2,1H3,(H2,60,73)(H,61,72)(H,62,76)(H,63,78)(H,64,77)(H,65,79)(H,66,74)(H,67,80)(H,68,75)/t30-,39+,40+,41-,42-,43+,44-,45+,47+/m1/s1. The number of anilines is 1. The number of rotatable bonds is 21. The molecule has 1 fully saturated rings. The van der Waals surface area contributed by atoms with Gasteiger partial charge in [-0.3, -0.25) is 43.2 Å². The van der Waals surface area contributed by atoms with E-state index in [0.29, 0.717) is 58.8 Å². The van der Waals surface area contributed by atoms with Crippen LogP contribution < -0.4 is 65.5 Å². The van der Waals surface area contributed by atoms with Crippen molar-refractivity contribution in [2.45, 2.75) is 113 Å². The van der Waals surface area contributed by atoms with Gasteiger partial charge in [0.1, 0.15) is 53.8 Å². The molecule has 0 radical (unpaired) electrons. The molecule has 1 heterocycles. The summed E-state index contributed by atoms with van der Waals surface area (Å²) in [5.41, 5.74) is 25.8. The number of nitrogens with one attached hydrogen (secondary N) is 8. The van der Waals surface area contributed by atoms with Gasteiger partial charge >= 0.3 is 0 Å². The molecule has 82 heavy (non-hydrogen) atoms. The van der Waals surface area contributed by atoms with E-state index in [1.807, 2.05) is 0 Å². The molecule has 442 valence electrons. The molecule has 0 aliphatic carbocycles. The highest BCUT2D eigenvalue weighted by Gasteiger charge is 2.36. The highest BCUT2D eigenvalue weighted by molar-refractivity contribution is 8.76. The number of phenolic OH excluding ortho intramolecular Hbond substituents is 2. The van der Waals surface area contributed by atoms with Crippen molar-refractivity contribution in [3.63, 3.8) is 0 Å². The Morgan fingerprint density at radius 1 is 0.646 bits per heavy atom. The maximum atomic E-state index is 14.8. The summed E-state index contributed by atoms with van der Waals surface area (Å²) in [6.45, 7) is 1.25. The van der Waals surface area contributed by atoms with Crippen LogP contribution in [-0.4, -0.2) is 148 Å². The molecule has 4 aromatic carbocycles. The average molecular weight is 1190 g/mol. The Morgan fingerprint density at radius 2 is 1.16 bits per heavy atom. The average Bonchev–Trinajstić information content (AvgIpc) is 3.46. The molecule has 9 atom stereocenters. The number of halogens is 1. The van der Waals surface area contributed by atoms with Crippen LogP contribution in [0.5, 0.6) is 11.5 Å². The lowest BCUT2D eigenvalue weighted by molar-refractivity contribution is -0.136. The summed E-state index contributed by atoms with van der Waals surface area (Å²) >= 11 is 6.08. The molecule has 19 N–H and O–H groups in total. The number of phenols is 2. The van der Waals surface area contributed by atoms with E-state index in [1.54, 1.807) is 48.5 Å². The minimum absolute atomic E-state index is 0.0215. The second kappa shape index (κ2) is 32.8. The molecule has 0 spiro atoms. The van der Waals surface area contributed by atoms with E-state index in [-0.39, 0.29) is 61.7 Å². The van der Waals surface area contributed by atoms with Gasteiger partial charge in [-0.2, -0.15) is 0 Å². The summed E-state index contributed by atoms with van der Waals surface area (Å²) in [6, 6.07) is 12.7. The molecule has 4 aromatic rings. The quantitative estimate of drug-likeness (QED) is 0.0367. The van der Waals surface area contributed by atoms with Crippen molar-refractivity contribution < 1.29 is 58.5 Å². The minimum Gasteiger partial charge on any atom is -0.508 e. The molecular weight excluding hydrogens is 1120 g/mol. The first kappa shape index (κ1) is 65.4. The van der Waals surface area contributed by atoms with Gasteiger partial charge in [-0.05, 0) is 104 Å². The van der Waals surface area contributed by atoms with Crippen LogP contribution in [0.3, 0.4) is 0 Å². The van der Waals surface area contributed by atoms with Crippen molar-refractivity contribution in [3.05, 3.63) is 124 Å². The molecular formula is C55H71ClN12O12S2. The number of nitrogens with two attached hydrogens (primary N) is 4. The van der Waals surface area contributed by atoms with Crippen molar-refractivity contribution in [2.24, 2.45) is 22.9 Å². The first-order valence-corrected chi connectivity index (χ1v) is 29.2. The fraction of sp³-hybridized carbons (Fsp3) is 0.400. The monoisotopic (exact) mass is 1190 g/mol. The lowest BCUT2D eigenvalue weighted by Gasteiger charge is -2.29. The SMILES string of the molecule is C[C@@H](O)[C@@H]1NC(=O)[C@H](CCCCCN)NC(=O)[C@@H](Cc2ccc(NC(=O)CN)cc2)NC(=O)[C@H](Cc2ccc(O)cc2)NC(=O)[C@H](NC(=O)[C@@H](N)Cc2ccc(Cl)cc2)CSSC[C@@H](C(=O)N[C@H](Cc2ccc(O)cc2)C(N)=O)NC1=O. The van der Waals surface area contributed by atoms with Crippen molar-refractivity contribution in [2.75, 3.05) is 29.9 Å². The number of benzene rings is 4. The molecule has 1 aliphatic heterocycles. The Kier molecular flexibility index (Phi) is 26.2. The van der Waals surface area contributed by atoms with E-state index in [4.69, 9.17) is 34.5 Å². The molecule has 1 saturated heterocycles. The van der Waals surface area contributed by atoms with Crippen LogP contribution in [0.15, 0.2) is 97.1 Å². The zero-order valence-electron chi connectivity index (χ0n) is 44.9. The molecule has 1 aliphatic rings. The highest BCUT2D eigenvalue weighted by atomic mass is 35.5. The number of aliphatic hydroxyl groups excluding tert-OH is 1. The normalized spacial score (nSPS) is 20.7. The Labute approximate surface area is 486 Å². The second-order valence-corrected chi connectivity index (χ2v) is 22.5. The van der Waals surface area contributed by atoms with Gasteiger partial charge in [-0.25, -0.2) is 0 Å². The third-order valence-corrected chi connectivity index (χ3v) is 15.6. The number of aromatic hydroxyl groups is 2. The van der Waals surface area contributed by atoms with Crippen LogP contribution in [0.2, 0.25) is 5.02 Å². The topological polar surface area (TPSA) is 415 Å². The largest absolute Gasteiger partial charge is 0.508 e. The van der Waals surface area contributed by atoms with Crippen LogP contribution in [0.4, 0.5) is 5.69 Å². The molecule has 0 saturated carbocycles. The molecule has 5 rings (SSSR count). The highest BCUT2D eigenvalue weighted by Crippen LogP contribution is 2.25. The predicted molar refractivity (Wildman–Crippen MR) is 311 cm³/mol. The maximum Gasteiger partial charge on any atom is 0.245 e. The zero-order chi connectivity index (χ0) is 59.9. The first-order chi connectivity index (χ1) is 39.1. The fourth-order valence-electron chi connectivity index (χ4n) is 8.34. The number of hydrogen-bond acceptors (Lipinski definition) is 17. The number of primary amides is 1. The van der Waals surface area contributed by atoms with Gasteiger partial charge in [0, 0.05) is 41.5 Å². The van der Waals surface area contributed by atoms with Crippen LogP contribution in [0.25, 0.3) is 0 Å². The van der Waals surface area contributed by atoms with E-state index >= 15 is 0 Å². The Balaban J connectivity index is 1.58. The van der Waals surface area contributed by atoms with Crippen LogP contribution in [-0.2, 0) is 68.8 Å². The summed E-state index contributed by atoms with van der Waals surface area (Å²) in [6.07, 6.45) is -0.772. The van der Waals surface area contributed by atoms with Crippen molar-refractivity contribution in [3.8, 4) is 11.5 Å². The summed E-state index contributed by atoms with van der Waals surface area (Å²) in [4.78, 5) is 126. The van der Waals surface area contributed by atoms with Crippen LogP contribution in [0.1, 0.15) is 54.9 Å². The van der Waals surface area contributed by atoms with E-state index in [1.165, 1.54) is 55.5 Å². The van der Waals surface area contributed by atoms with Gasteiger partial charge in [-0.15, -0.1) is 0 Å². The van der Waals surface area contributed by atoms with Gasteiger partial charge < -0.3 is 80.8 Å². The molecule has 9 amide bonds. The number of carbonyl (C=O) groups excluding carboxylic acids is 9. The zero-order valence-corrected chi connectivity index (χ0v) is 47.3. The number of hydrogen-bond donors (Lipinski definition) is 15. The smallest absolute Gasteiger partial charge is 0.245 e. The van der Waals surface area contributed by atoms with Crippen molar-refractivity contribution in [1.82, 2.24) is 37.2 Å². The van der Waals surface area contributed by atoms with Gasteiger partial charge in [-0.1, -0.05) is 94.6 Å². The van der Waals surface area contributed by atoms with Crippen molar-refractivity contribution >= 4 is 92.0 Å². The van der Waals surface area contributed by atoms with E-state index in [2.05, 4.69) is 42.5 Å². The lowest BCUT2D eigenvalue weighted by atomic mass is 10.0. The summed E-state index contributed by atoms with van der Waals surface area (Å²) in [5, 5.41) is 52.6. The van der Waals surface area contributed by atoms with E-state index < -0.39 is 108 Å². The van der Waals surface area contributed by atoms with E-state index in [9.17, 15) is 58.5 Å². The predicted octanol–water partition coefficient (Wildman–Crippen LogP) is -0.580. The number of aliphatic hydroxyl groups is 1. The summed E-state index contributed by atoms with van der Waals surface area (Å²) < 4.78 is 0. The minimum atomic E-state index is -1.76. The Bertz CT molecular complexity index is 2820. The van der Waals surface area contributed by atoms with Crippen LogP contribution >= 0.6 is 33.2 Å². The van der Waals surface area contributed by atoms with Gasteiger partial charge in [0.25, 0.3) is 0 Å². The molecule has 0 bridgehead atoms. The molecule has 24 nitrogen and oxygen atoms in total. The Morgan fingerprint density at radius 3 is 1.72 bits per heavy atom. The lowest BCUT2D eigenvalue weighted by Crippen LogP contribution is -2.62. The number of carbonyl (C=O) groups is 9. The number of unbranched alkanes of at least 4 members (excludes halogenated alkanes) is 2. The van der Waals surface area contributed by atoms with E-state index in [0.717, 1.165) is 21.6 Å². The molecule has 27 heteroatoms. The summed E-state index contributed by atoms with van der Waals surface area (Å²) in [5.74, 6) is -8.46. The van der Waals surface area contributed by atoms with Crippen molar-refractivity contribution in [1.29, 1.82) is 0 Å². The van der Waals surface area contributed by atoms with Gasteiger partial charge in [0.15, 0.2) is 0 Å². The number of amides is 9. The van der Waals surface area contributed by atoms with Gasteiger partial charge in [0.05, 0.1) is 18.7 Å². The third kappa shape index (κ3) is 21.5. The Hall–Kier alpha value is -7.46. The molecule has 0 unspecified atom stereocenters. The third-order valence-electron chi connectivity index (χ3n) is 13.0. The molecule has 0 aromatic heterocycles. The summed E-state index contributed by atoms with van der Waals surface area (Å²) in [7, 11) is 1.91.